The summed E-state index contributed by atoms with van der Waals surface area (Å²) in [6.45, 7) is 6.55. The van der Waals surface area contributed by atoms with E-state index in [0.717, 1.165) is 30.2 Å². The molecule has 0 bridgehead atoms. The summed E-state index contributed by atoms with van der Waals surface area (Å²) in [5.41, 5.74) is 3.18. The first-order valence-electron chi connectivity index (χ1n) is 7.50. The zero-order chi connectivity index (χ0) is 15.5. The standard InChI is InChI=1S/C17H20N4O/c1-13-14(2)18-12-19-17(13)21-9-8-20(16(22)11-21)10-15-6-4-3-5-7-15/h3-7,12H,8-11H2,1-2H3. The van der Waals surface area contributed by atoms with E-state index in [9.17, 15) is 4.79 Å². The molecule has 5 heteroatoms. The third kappa shape index (κ3) is 2.93. The van der Waals surface area contributed by atoms with Crippen molar-refractivity contribution in [1.82, 2.24) is 14.9 Å². The van der Waals surface area contributed by atoms with E-state index in [1.54, 1.807) is 6.33 Å². The number of nitrogens with zero attached hydrogens (tertiary/aromatic N) is 4. The summed E-state index contributed by atoms with van der Waals surface area (Å²) in [5, 5.41) is 0. The van der Waals surface area contributed by atoms with Crippen LogP contribution in [0.5, 0.6) is 0 Å². The Morgan fingerprint density at radius 3 is 2.59 bits per heavy atom. The summed E-state index contributed by atoms with van der Waals surface area (Å²) >= 11 is 0. The fraction of sp³-hybridized carbons (Fsp3) is 0.353. The number of benzene rings is 1. The first-order valence-corrected chi connectivity index (χ1v) is 7.50. The van der Waals surface area contributed by atoms with Gasteiger partial charge in [0.15, 0.2) is 0 Å². The minimum Gasteiger partial charge on any atom is -0.345 e. The lowest BCUT2D eigenvalue weighted by atomic mass is 10.2. The van der Waals surface area contributed by atoms with Crippen LogP contribution in [0.4, 0.5) is 5.82 Å². The Balaban J connectivity index is 1.70. The van der Waals surface area contributed by atoms with Gasteiger partial charge >= 0.3 is 0 Å². The van der Waals surface area contributed by atoms with E-state index >= 15 is 0 Å². The smallest absolute Gasteiger partial charge is 0.242 e. The van der Waals surface area contributed by atoms with Crippen molar-refractivity contribution in [2.24, 2.45) is 0 Å². The maximum Gasteiger partial charge on any atom is 0.242 e. The first-order chi connectivity index (χ1) is 10.6. The minimum atomic E-state index is 0.144. The molecule has 3 rings (SSSR count). The van der Waals surface area contributed by atoms with Crippen LogP contribution in [0.3, 0.4) is 0 Å². The summed E-state index contributed by atoms with van der Waals surface area (Å²) in [6.07, 6.45) is 1.57. The molecule has 1 amide bonds. The SMILES string of the molecule is Cc1ncnc(N2CCN(Cc3ccccc3)C(=O)C2)c1C. The van der Waals surface area contributed by atoms with Gasteiger partial charge in [-0.25, -0.2) is 9.97 Å². The number of aromatic nitrogens is 2. The van der Waals surface area contributed by atoms with Crippen molar-refractivity contribution >= 4 is 11.7 Å². The van der Waals surface area contributed by atoms with Gasteiger partial charge in [0.2, 0.25) is 5.91 Å². The van der Waals surface area contributed by atoms with Crippen molar-refractivity contribution in [3.63, 3.8) is 0 Å². The summed E-state index contributed by atoms with van der Waals surface area (Å²) in [4.78, 5) is 24.9. The molecule has 0 N–H and O–H groups in total. The third-order valence-electron chi connectivity index (χ3n) is 4.14. The second-order valence-electron chi connectivity index (χ2n) is 5.63. The van der Waals surface area contributed by atoms with E-state index < -0.39 is 0 Å². The predicted molar refractivity (Wildman–Crippen MR) is 85.6 cm³/mol. The van der Waals surface area contributed by atoms with Crippen LogP contribution in [0.25, 0.3) is 0 Å². The van der Waals surface area contributed by atoms with E-state index in [1.165, 1.54) is 5.56 Å². The van der Waals surface area contributed by atoms with Gasteiger partial charge in [0.25, 0.3) is 0 Å². The van der Waals surface area contributed by atoms with Crippen LogP contribution in [0, 0.1) is 13.8 Å². The largest absolute Gasteiger partial charge is 0.345 e. The molecule has 2 aromatic rings. The van der Waals surface area contributed by atoms with Crippen molar-refractivity contribution in [2.75, 3.05) is 24.5 Å². The Morgan fingerprint density at radius 2 is 1.86 bits per heavy atom. The van der Waals surface area contributed by atoms with Crippen molar-refractivity contribution in [3.05, 3.63) is 53.5 Å². The highest BCUT2D eigenvalue weighted by Gasteiger charge is 2.25. The highest BCUT2D eigenvalue weighted by molar-refractivity contribution is 5.82. The van der Waals surface area contributed by atoms with E-state index in [-0.39, 0.29) is 5.91 Å². The average Bonchev–Trinajstić information content (AvgIpc) is 2.53. The Hall–Kier alpha value is -2.43. The first kappa shape index (κ1) is 14.5. The lowest BCUT2D eigenvalue weighted by Crippen LogP contribution is -2.50. The average molecular weight is 296 g/mol. The molecule has 0 unspecified atom stereocenters. The Kier molecular flexibility index (Phi) is 4.04. The van der Waals surface area contributed by atoms with Gasteiger partial charge in [-0.05, 0) is 19.4 Å². The Labute approximate surface area is 130 Å². The van der Waals surface area contributed by atoms with Gasteiger partial charge in [-0.15, -0.1) is 0 Å². The lowest BCUT2D eigenvalue weighted by Gasteiger charge is -2.35. The van der Waals surface area contributed by atoms with Crippen molar-refractivity contribution in [2.45, 2.75) is 20.4 Å². The molecular formula is C17H20N4O. The van der Waals surface area contributed by atoms with Gasteiger partial charge in [-0.3, -0.25) is 4.79 Å². The summed E-state index contributed by atoms with van der Waals surface area (Å²) in [6, 6.07) is 10.1. The molecule has 0 atom stereocenters. The summed E-state index contributed by atoms with van der Waals surface area (Å²) in [5.74, 6) is 1.02. The molecule has 114 valence electrons. The molecule has 0 aliphatic carbocycles. The van der Waals surface area contributed by atoms with Gasteiger partial charge in [-0.1, -0.05) is 30.3 Å². The number of piperazine rings is 1. The van der Waals surface area contributed by atoms with Gasteiger partial charge in [0, 0.05) is 30.9 Å². The topological polar surface area (TPSA) is 49.3 Å². The quantitative estimate of drug-likeness (QED) is 0.868. The van der Waals surface area contributed by atoms with Crippen LogP contribution >= 0.6 is 0 Å². The number of anilines is 1. The maximum absolute atomic E-state index is 12.4. The van der Waals surface area contributed by atoms with E-state index in [0.29, 0.717) is 13.1 Å². The molecule has 1 fully saturated rings. The summed E-state index contributed by atoms with van der Waals surface area (Å²) in [7, 11) is 0. The fourth-order valence-corrected chi connectivity index (χ4v) is 2.70. The van der Waals surface area contributed by atoms with Gasteiger partial charge < -0.3 is 9.80 Å². The normalized spacial score (nSPS) is 15.3. The van der Waals surface area contributed by atoms with Crippen molar-refractivity contribution in [3.8, 4) is 0 Å². The molecule has 1 aliphatic rings. The van der Waals surface area contributed by atoms with Gasteiger partial charge in [0.05, 0.1) is 6.54 Å². The molecule has 0 radical (unpaired) electrons. The highest BCUT2D eigenvalue weighted by atomic mass is 16.2. The molecular weight excluding hydrogens is 276 g/mol. The van der Waals surface area contributed by atoms with Crippen molar-refractivity contribution < 1.29 is 4.79 Å². The molecule has 5 nitrogen and oxygen atoms in total. The third-order valence-corrected chi connectivity index (χ3v) is 4.14. The number of aryl methyl sites for hydroxylation is 1. The molecule has 2 heterocycles. The van der Waals surface area contributed by atoms with Crippen LogP contribution in [0.1, 0.15) is 16.8 Å². The summed E-state index contributed by atoms with van der Waals surface area (Å²) < 4.78 is 0. The van der Waals surface area contributed by atoms with Gasteiger partial charge in [0.1, 0.15) is 12.1 Å². The Morgan fingerprint density at radius 1 is 1.09 bits per heavy atom. The van der Waals surface area contributed by atoms with Crippen LogP contribution < -0.4 is 4.90 Å². The van der Waals surface area contributed by atoms with Crippen molar-refractivity contribution in [1.29, 1.82) is 0 Å². The highest BCUT2D eigenvalue weighted by Crippen LogP contribution is 2.20. The monoisotopic (exact) mass is 296 g/mol. The lowest BCUT2D eigenvalue weighted by molar-refractivity contribution is -0.131. The van der Waals surface area contributed by atoms with Crippen LogP contribution in [0.2, 0.25) is 0 Å². The molecule has 1 aromatic heterocycles. The number of carbonyl (C=O) groups is 1. The number of hydrogen-bond acceptors (Lipinski definition) is 4. The van der Waals surface area contributed by atoms with Gasteiger partial charge in [-0.2, -0.15) is 0 Å². The predicted octanol–water partition coefficient (Wildman–Crippen LogP) is 1.94. The fourth-order valence-electron chi connectivity index (χ4n) is 2.70. The number of amides is 1. The molecule has 1 aromatic carbocycles. The van der Waals surface area contributed by atoms with E-state index in [1.807, 2.05) is 41.8 Å². The molecule has 0 saturated carbocycles. The minimum absolute atomic E-state index is 0.144. The number of carbonyl (C=O) groups excluding carboxylic acids is 1. The molecule has 1 aliphatic heterocycles. The van der Waals surface area contributed by atoms with Crippen LogP contribution in [0.15, 0.2) is 36.7 Å². The molecule has 1 saturated heterocycles. The zero-order valence-corrected chi connectivity index (χ0v) is 13.0. The number of hydrogen-bond donors (Lipinski definition) is 0. The second-order valence-corrected chi connectivity index (χ2v) is 5.63. The second kappa shape index (κ2) is 6.13. The van der Waals surface area contributed by atoms with Crippen LogP contribution in [-0.2, 0) is 11.3 Å². The van der Waals surface area contributed by atoms with Crippen LogP contribution in [-0.4, -0.2) is 40.4 Å². The van der Waals surface area contributed by atoms with E-state index in [4.69, 9.17) is 0 Å². The molecule has 22 heavy (non-hydrogen) atoms. The maximum atomic E-state index is 12.4. The number of rotatable bonds is 3. The van der Waals surface area contributed by atoms with E-state index in [2.05, 4.69) is 22.1 Å². The zero-order valence-electron chi connectivity index (χ0n) is 13.0. The molecule has 0 spiro atoms. The Bertz CT molecular complexity index is 672.